The number of hydrogen-bond acceptors (Lipinski definition) is 3. The lowest BCUT2D eigenvalue weighted by molar-refractivity contribution is -0.126. The van der Waals surface area contributed by atoms with Crippen molar-refractivity contribution in [2.24, 2.45) is 0 Å². The van der Waals surface area contributed by atoms with Crippen molar-refractivity contribution < 1.29 is 13.2 Å². The van der Waals surface area contributed by atoms with Crippen LogP contribution < -0.4 is 5.32 Å². The summed E-state index contributed by atoms with van der Waals surface area (Å²) in [4.78, 5) is 12.9. The molecule has 5 nitrogen and oxygen atoms in total. The molecule has 0 aromatic heterocycles. The first-order valence-corrected chi connectivity index (χ1v) is 11.9. The molecule has 1 saturated heterocycles. The molecule has 6 heteroatoms. The fraction of sp³-hybridized carbons (Fsp3) is 0.667. The maximum atomic E-state index is 12.9. The zero-order chi connectivity index (χ0) is 19.4. The second-order valence-electron chi connectivity index (χ2n) is 7.90. The van der Waals surface area contributed by atoms with Crippen molar-refractivity contribution in [1.29, 1.82) is 0 Å². The van der Waals surface area contributed by atoms with Gasteiger partial charge in [0.1, 0.15) is 6.04 Å². The molecule has 1 fully saturated rings. The predicted molar refractivity (Wildman–Crippen MR) is 108 cm³/mol. The zero-order valence-corrected chi connectivity index (χ0v) is 17.4. The molecule has 1 aromatic carbocycles. The number of amides is 1. The van der Waals surface area contributed by atoms with Crippen LogP contribution in [0.5, 0.6) is 0 Å². The number of piperidine rings is 1. The van der Waals surface area contributed by atoms with Crippen LogP contribution in [-0.2, 0) is 27.7 Å². The molecule has 0 bridgehead atoms. The van der Waals surface area contributed by atoms with E-state index in [1.54, 1.807) is 0 Å². The molecule has 2 unspecified atom stereocenters. The highest BCUT2D eigenvalue weighted by Crippen LogP contribution is 2.26. The van der Waals surface area contributed by atoms with Crippen molar-refractivity contribution in [2.45, 2.75) is 77.3 Å². The second kappa shape index (κ2) is 8.74. The van der Waals surface area contributed by atoms with Gasteiger partial charge in [0.2, 0.25) is 15.9 Å². The molecule has 0 spiro atoms. The fourth-order valence-electron chi connectivity index (χ4n) is 4.29. The second-order valence-corrected chi connectivity index (χ2v) is 9.94. The summed E-state index contributed by atoms with van der Waals surface area (Å²) >= 11 is 0. The van der Waals surface area contributed by atoms with E-state index in [0.717, 1.165) is 31.2 Å². The van der Waals surface area contributed by atoms with E-state index in [9.17, 15) is 13.2 Å². The highest BCUT2D eigenvalue weighted by molar-refractivity contribution is 7.89. The molecule has 0 radical (unpaired) electrons. The highest BCUT2D eigenvalue weighted by Gasteiger charge is 2.36. The average molecular weight is 393 g/mol. The van der Waals surface area contributed by atoms with Gasteiger partial charge >= 0.3 is 0 Å². The molecule has 0 saturated carbocycles. The first kappa shape index (κ1) is 20.3. The molecular formula is C21H32N2O3S. The number of nitrogens with one attached hydrogen (secondary N) is 1. The van der Waals surface area contributed by atoms with Crippen molar-refractivity contribution in [2.75, 3.05) is 12.3 Å². The molecule has 3 rings (SSSR count). The SMILES string of the molecule is CCCS(=O)(=O)N1CCCCC1C(=O)NC(C)c1ccc2c(c1)CCCC2. The minimum atomic E-state index is -3.37. The summed E-state index contributed by atoms with van der Waals surface area (Å²) in [7, 11) is -3.37. The molecule has 2 atom stereocenters. The summed E-state index contributed by atoms with van der Waals surface area (Å²) in [6.45, 7) is 4.29. The standard InChI is InChI=1S/C21H32N2O3S/c1-3-14-27(25,26)23-13-7-6-10-20(23)21(24)22-16(2)18-12-11-17-8-4-5-9-19(17)15-18/h11-12,15-16,20H,3-10,13-14H2,1-2H3,(H,22,24). The number of rotatable bonds is 6. The maximum Gasteiger partial charge on any atom is 0.238 e. The summed E-state index contributed by atoms with van der Waals surface area (Å²) in [6, 6.07) is 5.80. The Hall–Kier alpha value is -1.40. The third-order valence-corrected chi connectivity index (χ3v) is 7.88. The molecule has 1 heterocycles. The quantitative estimate of drug-likeness (QED) is 0.807. The van der Waals surface area contributed by atoms with Gasteiger partial charge in [0.05, 0.1) is 11.8 Å². The smallest absolute Gasteiger partial charge is 0.238 e. The van der Waals surface area contributed by atoms with Crippen LogP contribution in [0.2, 0.25) is 0 Å². The normalized spacial score (nSPS) is 22.1. The van der Waals surface area contributed by atoms with E-state index >= 15 is 0 Å². The van der Waals surface area contributed by atoms with Gasteiger partial charge in [-0.25, -0.2) is 8.42 Å². The Balaban J connectivity index is 1.71. The molecule has 2 aliphatic rings. The van der Waals surface area contributed by atoms with Crippen LogP contribution in [0.1, 0.15) is 75.1 Å². The minimum absolute atomic E-state index is 0.108. The summed E-state index contributed by atoms with van der Waals surface area (Å²) < 4.78 is 26.6. The Kier molecular flexibility index (Phi) is 6.58. The Bertz CT molecular complexity index is 776. The van der Waals surface area contributed by atoms with E-state index in [1.165, 1.54) is 28.3 Å². The van der Waals surface area contributed by atoms with Gasteiger partial charge in [-0.2, -0.15) is 4.31 Å². The summed E-state index contributed by atoms with van der Waals surface area (Å²) in [5.41, 5.74) is 3.92. The molecule has 1 aromatic rings. The molecule has 1 amide bonds. The van der Waals surface area contributed by atoms with Crippen LogP contribution in [0.4, 0.5) is 0 Å². The Morgan fingerprint density at radius 2 is 1.93 bits per heavy atom. The predicted octanol–water partition coefficient (Wildman–Crippen LogP) is 3.34. The van der Waals surface area contributed by atoms with E-state index < -0.39 is 16.1 Å². The fourth-order valence-corrected chi connectivity index (χ4v) is 6.04. The number of nitrogens with zero attached hydrogens (tertiary/aromatic N) is 1. The van der Waals surface area contributed by atoms with Crippen LogP contribution in [-0.4, -0.2) is 37.0 Å². The number of sulfonamides is 1. The highest BCUT2D eigenvalue weighted by atomic mass is 32.2. The number of hydrogen-bond donors (Lipinski definition) is 1. The van der Waals surface area contributed by atoms with Crippen LogP contribution in [0, 0.1) is 0 Å². The maximum absolute atomic E-state index is 12.9. The molecule has 1 aliphatic heterocycles. The van der Waals surface area contributed by atoms with Crippen molar-refractivity contribution in [3.63, 3.8) is 0 Å². The molecule has 150 valence electrons. The molecule has 1 N–H and O–H groups in total. The zero-order valence-electron chi connectivity index (χ0n) is 16.5. The largest absolute Gasteiger partial charge is 0.348 e. The van der Waals surface area contributed by atoms with Crippen molar-refractivity contribution in [3.05, 3.63) is 34.9 Å². The van der Waals surface area contributed by atoms with Crippen LogP contribution in [0.3, 0.4) is 0 Å². The van der Waals surface area contributed by atoms with E-state index in [4.69, 9.17) is 0 Å². The third-order valence-electron chi connectivity index (χ3n) is 5.81. The summed E-state index contributed by atoms with van der Waals surface area (Å²) in [5.74, 6) is -0.0587. The van der Waals surface area contributed by atoms with E-state index in [1.807, 2.05) is 13.8 Å². The Labute approximate surface area is 163 Å². The molecule has 1 aliphatic carbocycles. The number of carbonyl (C=O) groups is 1. The van der Waals surface area contributed by atoms with Crippen LogP contribution in [0.25, 0.3) is 0 Å². The van der Waals surface area contributed by atoms with Gasteiger partial charge in [0.15, 0.2) is 0 Å². The molecule has 27 heavy (non-hydrogen) atoms. The van der Waals surface area contributed by atoms with Gasteiger partial charge in [0, 0.05) is 6.54 Å². The van der Waals surface area contributed by atoms with E-state index in [2.05, 4.69) is 23.5 Å². The number of aryl methyl sites for hydroxylation is 2. The molecular weight excluding hydrogens is 360 g/mol. The van der Waals surface area contributed by atoms with Gasteiger partial charge in [-0.15, -0.1) is 0 Å². The van der Waals surface area contributed by atoms with Gasteiger partial charge in [0.25, 0.3) is 0 Å². The number of carbonyl (C=O) groups excluding carboxylic acids is 1. The Morgan fingerprint density at radius 1 is 1.19 bits per heavy atom. The lowest BCUT2D eigenvalue weighted by Crippen LogP contribution is -2.52. The first-order chi connectivity index (χ1) is 12.9. The van der Waals surface area contributed by atoms with Crippen LogP contribution >= 0.6 is 0 Å². The topological polar surface area (TPSA) is 66.5 Å². The summed E-state index contributed by atoms with van der Waals surface area (Å²) in [5, 5.41) is 3.07. The van der Waals surface area contributed by atoms with Crippen molar-refractivity contribution in [3.8, 4) is 0 Å². The average Bonchev–Trinajstić information content (AvgIpc) is 2.67. The van der Waals surface area contributed by atoms with Crippen molar-refractivity contribution >= 4 is 15.9 Å². The summed E-state index contributed by atoms with van der Waals surface area (Å²) in [6.07, 6.45) is 7.62. The van der Waals surface area contributed by atoms with Gasteiger partial charge in [-0.1, -0.05) is 31.5 Å². The lowest BCUT2D eigenvalue weighted by atomic mass is 9.89. The Morgan fingerprint density at radius 3 is 2.67 bits per heavy atom. The third kappa shape index (κ3) is 4.72. The first-order valence-electron chi connectivity index (χ1n) is 10.3. The number of fused-ring (bicyclic) bond motifs is 1. The van der Waals surface area contributed by atoms with Crippen molar-refractivity contribution in [1.82, 2.24) is 9.62 Å². The minimum Gasteiger partial charge on any atom is -0.348 e. The van der Waals surface area contributed by atoms with Gasteiger partial charge in [-0.3, -0.25) is 4.79 Å². The van der Waals surface area contributed by atoms with Gasteiger partial charge in [-0.05, 0) is 68.6 Å². The van der Waals surface area contributed by atoms with E-state index in [-0.39, 0.29) is 17.7 Å². The van der Waals surface area contributed by atoms with Crippen LogP contribution in [0.15, 0.2) is 18.2 Å². The lowest BCUT2D eigenvalue weighted by Gasteiger charge is -2.34. The number of benzene rings is 1. The van der Waals surface area contributed by atoms with E-state index in [0.29, 0.717) is 19.4 Å². The van der Waals surface area contributed by atoms with Gasteiger partial charge < -0.3 is 5.32 Å². The monoisotopic (exact) mass is 392 g/mol.